The van der Waals surface area contributed by atoms with Crippen molar-refractivity contribution in [1.29, 1.82) is 0 Å². The molecule has 122 valence electrons. The minimum atomic E-state index is -0.127. The Bertz CT molecular complexity index is 331. The SMILES string of the molecule is CCC1(C(=O)NCC(C(C)C)N2CCCC2)CCNCC1. The summed E-state index contributed by atoms with van der Waals surface area (Å²) in [6.45, 7) is 11.9. The molecule has 1 amide bonds. The summed E-state index contributed by atoms with van der Waals surface area (Å²) in [6, 6.07) is 0.493. The molecule has 2 heterocycles. The molecule has 4 heteroatoms. The van der Waals surface area contributed by atoms with Gasteiger partial charge in [-0.25, -0.2) is 0 Å². The molecule has 1 unspecified atom stereocenters. The topological polar surface area (TPSA) is 44.4 Å². The molecule has 2 fully saturated rings. The predicted molar refractivity (Wildman–Crippen MR) is 87.3 cm³/mol. The highest BCUT2D eigenvalue weighted by Crippen LogP contribution is 2.32. The molecule has 0 aromatic rings. The lowest BCUT2D eigenvalue weighted by Gasteiger charge is -2.37. The lowest BCUT2D eigenvalue weighted by Crippen LogP contribution is -2.51. The quantitative estimate of drug-likeness (QED) is 0.788. The van der Waals surface area contributed by atoms with E-state index < -0.39 is 0 Å². The fourth-order valence-corrected chi connectivity index (χ4v) is 3.89. The Balaban J connectivity index is 1.91. The first-order chi connectivity index (χ1) is 10.1. The molecule has 2 N–H and O–H groups in total. The van der Waals surface area contributed by atoms with Crippen molar-refractivity contribution < 1.29 is 4.79 Å². The largest absolute Gasteiger partial charge is 0.354 e. The van der Waals surface area contributed by atoms with Crippen molar-refractivity contribution in [3.63, 3.8) is 0 Å². The molecule has 2 saturated heterocycles. The molecule has 0 aliphatic carbocycles. The average molecular weight is 295 g/mol. The van der Waals surface area contributed by atoms with Gasteiger partial charge in [0.05, 0.1) is 5.41 Å². The second kappa shape index (κ2) is 7.59. The van der Waals surface area contributed by atoms with Crippen LogP contribution >= 0.6 is 0 Å². The van der Waals surface area contributed by atoms with Crippen LogP contribution in [0.3, 0.4) is 0 Å². The molecule has 0 spiro atoms. The van der Waals surface area contributed by atoms with Crippen LogP contribution in [0.15, 0.2) is 0 Å². The summed E-state index contributed by atoms with van der Waals surface area (Å²) in [5, 5.41) is 6.66. The van der Waals surface area contributed by atoms with Crippen molar-refractivity contribution in [2.45, 2.75) is 58.9 Å². The van der Waals surface area contributed by atoms with Crippen molar-refractivity contribution in [1.82, 2.24) is 15.5 Å². The van der Waals surface area contributed by atoms with Gasteiger partial charge in [-0.05, 0) is 64.2 Å². The Morgan fingerprint density at radius 2 is 1.86 bits per heavy atom. The molecule has 0 bridgehead atoms. The highest BCUT2D eigenvalue weighted by molar-refractivity contribution is 5.82. The maximum Gasteiger partial charge on any atom is 0.226 e. The molecular formula is C17H33N3O. The summed E-state index contributed by atoms with van der Waals surface area (Å²) in [4.78, 5) is 15.3. The summed E-state index contributed by atoms with van der Waals surface area (Å²) in [5.74, 6) is 0.880. The highest BCUT2D eigenvalue weighted by Gasteiger charge is 2.38. The Labute approximate surface area is 130 Å². The van der Waals surface area contributed by atoms with Crippen molar-refractivity contribution in [3.8, 4) is 0 Å². The minimum Gasteiger partial charge on any atom is -0.354 e. The van der Waals surface area contributed by atoms with E-state index in [1.54, 1.807) is 0 Å². The molecule has 0 saturated carbocycles. The van der Waals surface area contributed by atoms with Crippen LogP contribution in [-0.4, -0.2) is 49.6 Å². The molecule has 0 radical (unpaired) electrons. The van der Waals surface area contributed by atoms with Gasteiger partial charge in [0.1, 0.15) is 0 Å². The van der Waals surface area contributed by atoms with Crippen molar-refractivity contribution in [2.75, 3.05) is 32.7 Å². The van der Waals surface area contributed by atoms with Gasteiger partial charge in [-0.2, -0.15) is 0 Å². The van der Waals surface area contributed by atoms with Crippen LogP contribution < -0.4 is 10.6 Å². The summed E-state index contributed by atoms with van der Waals surface area (Å²) in [6.07, 6.45) is 5.52. The maximum atomic E-state index is 12.7. The van der Waals surface area contributed by atoms with Crippen molar-refractivity contribution in [3.05, 3.63) is 0 Å². The number of rotatable bonds is 6. The Hall–Kier alpha value is -0.610. The van der Waals surface area contributed by atoms with Crippen LogP contribution in [0.2, 0.25) is 0 Å². The molecule has 0 aromatic carbocycles. The fourth-order valence-electron chi connectivity index (χ4n) is 3.89. The number of hydrogen-bond acceptors (Lipinski definition) is 3. The van der Waals surface area contributed by atoms with Gasteiger partial charge < -0.3 is 10.6 Å². The van der Waals surface area contributed by atoms with E-state index in [1.807, 2.05) is 0 Å². The van der Waals surface area contributed by atoms with E-state index >= 15 is 0 Å². The average Bonchev–Trinajstić information content (AvgIpc) is 3.01. The molecular weight excluding hydrogens is 262 g/mol. The zero-order valence-electron chi connectivity index (χ0n) is 14.1. The van der Waals surface area contributed by atoms with E-state index in [-0.39, 0.29) is 11.3 Å². The first kappa shape index (κ1) is 16.8. The van der Waals surface area contributed by atoms with Gasteiger partial charge in [0.15, 0.2) is 0 Å². The third-order valence-corrected chi connectivity index (χ3v) is 5.57. The molecule has 2 aliphatic rings. The predicted octanol–water partition coefficient (Wildman–Crippen LogP) is 2.00. The zero-order chi connectivity index (χ0) is 15.3. The van der Waals surface area contributed by atoms with E-state index in [0.717, 1.165) is 38.9 Å². The summed E-state index contributed by atoms with van der Waals surface area (Å²) >= 11 is 0. The number of carbonyl (C=O) groups excluding carboxylic acids is 1. The lowest BCUT2D eigenvalue weighted by atomic mass is 9.76. The van der Waals surface area contributed by atoms with E-state index in [0.29, 0.717) is 12.0 Å². The van der Waals surface area contributed by atoms with Crippen LogP contribution in [-0.2, 0) is 4.79 Å². The highest BCUT2D eigenvalue weighted by atomic mass is 16.2. The summed E-state index contributed by atoms with van der Waals surface area (Å²) in [5.41, 5.74) is -0.127. The standard InChI is InChI=1S/C17H33N3O/c1-4-17(7-9-18-10-8-17)16(21)19-13-15(14(2)3)20-11-5-6-12-20/h14-15,18H,4-13H2,1-3H3,(H,19,21). The monoisotopic (exact) mass is 295 g/mol. The van der Waals surface area contributed by atoms with Gasteiger partial charge in [0.2, 0.25) is 5.91 Å². The number of hydrogen-bond donors (Lipinski definition) is 2. The Morgan fingerprint density at radius 3 is 2.38 bits per heavy atom. The maximum absolute atomic E-state index is 12.7. The van der Waals surface area contributed by atoms with E-state index in [9.17, 15) is 4.79 Å². The smallest absolute Gasteiger partial charge is 0.226 e. The fraction of sp³-hybridized carbons (Fsp3) is 0.941. The van der Waals surface area contributed by atoms with Crippen LogP contribution in [0.25, 0.3) is 0 Å². The second-order valence-electron chi connectivity index (χ2n) is 7.15. The first-order valence-corrected chi connectivity index (χ1v) is 8.82. The van der Waals surface area contributed by atoms with Crippen LogP contribution in [0.1, 0.15) is 52.9 Å². The third-order valence-electron chi connectivity index (χ3n) is 5.57. The number of carbonyl (C=O) groups is 1. The number of likely N-dealkylation sites (tertiary alicyclic amines) is 1. The van der Waals surface area contributed by atoms with Crippen molar-refractivity contribution >= 4 is 5.91 Å². The van der Waals surface area contributed by atoms with Gasteiger partial charge in [0, 0.05) is 12.6 Å². The molecule has 1 atom stereocenters. The number of amides is 1. The molecule has 0 aromatic heterocycles. The van der Waals surface area contributed by atoms with Gasteiger partial charge >= 0.3 is 0 Å². The van der Waals surface area contributed by atoms with Crippen molar-refractivity contribution in [2.24, 2.45) is 11.3 Å². The zero-order valence-corrected chi connectivity index (χ0v) is 14.1. The molecule has 4 nitrogen and oxygen atoms in total. The molecule has 2 aliphatic heterocycles. The van der Waals surface area contributed by atoms with Crippen LogP contribution in [0.4, 0.5) is 0 Å². The van der Waals surface area contributed by atoms with E-state index in [1.165, 1.54) is 25.9 Å². The third kappa shape index (κ3) is 3.98. The Morgan fingerprint density at radius 1 is 1.24 bits per heavy atom. The van der Waals surface area contributed by atoms with Gasteiger partial charge in [-0.1, -0.05) is 20.8 Å². The normalized spacial score (nSPS) is 24.2. The van der Waals surface area contributed by atoms with E-state index in [4.69, 9.17) is 0 Å². The van der Waals surface area contributed by atoms with Gasteiger partial charge in [-0.3, -0.25) is 9.69 Å². The van der Waals surface area contributed by atoms with Gasteiger partial charge in [0.25, 0.3) is 0 Å². The van der Waals surface area contributed by atoms with Gasteiger partial charge in [-0.15, -0.1) is 0 Å². The molecule has 2 rings (SSSR count). The number of nitrogens with zero attached hydrogens (tertiary/aromatic N) is 1. The summed E-state index contributed by atoms with van der Waals surface area (Å²) in [7, 11) is 0. The molecule has 21 heavy (non-hydrogen) atoms. The van der Waals surface area contributed by atoms with Crippen LogP contribution in [0, 0.1) is 11.3 Å². The second-order valence-corrected chi connectivity index (χ2v) is 7.15. The number of piperidine rings is 1. The number of nitrogens with one attached hydrogen (secondary N) is 2. The minimum absolute atomic E-state index is 0.127. The lowest BCUT2D eigenvalue weighted by molar-refractivity contribution is -0.133. The van der Waals surface area contributed by atoms with Crippen LogP contribution in [0.5, 0.6) is 0 Å². The first-order valence-electron chi connectivity index (χ1n) is 8.82. The Kier molecular flexibility index (Phi) is 6.06. The summed E-state index contributed by atoms with van der Waals surface area (Å²) < 4.78 is 0. The van der Waals surface area contributed by atoms with E-state index in [2.05, 4.69) is 36.3 Å².